The number of aromatic nitrogens is 1. The molecule has 0 aliphatic rings. The van der Waals surface area contributed by atoms with Gasteiger partial charge in [0.15, 0.2) is 0 Å². The summed E-state index contributed by atoms with van der Waals surface area (Å²) in [6, 6.07) is 14.2. The normalized spacial score (nSPS) is 10.9. The van der Waals surface area contributed by atoms with Gasteiger partial charge in [-0.05, 0) is 47.2 Å². The molecule has 0 atom stereocenters. The molecular weight excluding hydrogens is 274 g/mol. The molecule has 3 heteroatoms. The van der Waals surface area contributed by atoms with Crippen molar-refractivity contribution < 1.29 is 9.84 Å². The van der Waals surface area contributed by atoms with Crippen molar-refractivity contribution >= 4 is 10.8 Å². The van der Waals surface area contributed by atoms with Crippen molar-refractivity contribution in [1.29, 1.82) is 0 Å². The van der Waals surface area contributed by atoms with Crippen LogP contribution in [0.1, 0.15) is 22.4 Å². The number of ether oxygens (including phenoxy) is 1. The summed E-state index contributed by atoms with van der Waals surface area (Å²) in [5, 5.41) is 11.5. The van der Waals surface area contributed by atoms with E-state index in [0.29, 0.717) is 0 Å². The van der Waals surface area contributed by atoms with E-state index in [1.54, 1.807) is 7.11 Å². The second-order valence-corrected chi connectivity index (χ2v) is 5.45. The number of hydrogen-bond donors (Lipinski definition) is 1. The van der Waals surface area contributed by atoms with Crippen LogP contribution in [0.4, 0.5) is 0 Å². The fraction of sp³-hybridized carbons (Fsp3) is 0.211. The Bertz CT molecular complexity index is 812. The SMILES string of the molecule is COc1cc(Cc2nccc3cc(CO)ccc23)ccc1C. The highest BCUT2D eigenvalue weighted by Gasteiger charge is 2.07. The van der Waals surface area contributed by atoms with Gasteiger partial charge < -0.3 is 9.84 Å². The van der Waals surface area contributed by atoms with E-state index in [-0.39, 0.29) is 6.61 Å². The second kappa shape index (κ2) is 6.16. The van der Waals surface area contributed by atoms with Gasteiger partial charge in [-0.3, -0.25) is 4.98 Å². The summed E-state index contributed by atoms with van der Waals surface area (Å²) >= 11 is 0. The van der Waals surface area contributed by atoms with Gasteiger partial charge in [0.05, 0.1) is 19.4 Å². The first kappa shape index (κ1) is 14.5. The number of methoxy groups -OCH3 is 1. The topological polar surface area (TPSA) is 42.4 Å². The zero-order chi connectivity index (χ0) is 15.5. The molecule has 3 nitrogen and oxygen atoms in total. The van der Waals surface area contributed by atoms with E-state index in [2.05, 4.69) is 23.2 Å². The maximum atomic E-state index is 9.26. The minimum atomic E-state index is 0.0583. The van der Waals surface area contributed by atoms with Crippen LogP contribution in [-0.2, 0) is 13.0 Å². The fourth-order valence-electron chi connectivity index (χ4n) is 2.70. The molecule has 0 unspecified atom stereocenters. The molecule has 22 heavy (non-hydrogen) atoms. The molecule has 3 aromatic rings. The second-order valence-electron chi connectivity index (χ2n) is 5.45. The Kier molecular flexibility index (Phi) is 4.07. The van der Waals surface area contributed by atoms with E-state index in [1.165, 1.54) is 5.56 Å². The lowest BCUT2D eigenvalue weighted by molar-refractivity contribution is 0.282. The van der Waals surface area contributed by atoms with Gasteiger partial charge in [-0.2, -0.15) is 0 Å². The molecule has 1 heterocycles. The molecule has 0 fully saturated rings. The highest BCUT2D eigenvalue weighted by molar-refractivity contribution is 5.85. The van der Waals surface area contributed by atoms with Crippen molar-refractivity contribution in [2.75, 3.05) is 7.11 Å². The van der Waals surface area contributed by atoms with Gasteiger partial charge in [0.2, 0.25) is 0 Å². The summed E-state index contributed by atoms with van der Waals surface area (Å²) in [5.74, 6) is 0.903. The van der Waals surface area contributed by atoms with Crippen LogP contribution in [0.3, 0.4) is 0 Å². The lowest BCUT2D eigenvalue weighted by atomic mass is 10.0. The van der Waals surface area contributed by atoms with Crippen LogP contribution in [0, 0.1) is 6.92 Å². The Morgan fingerprint density at radius 1 is 1.05 bits per heavy atom. The third kappa shape index (κ3) is 2.81. The third-order valence-corrected chi connectivity index (χ3v) is 3.94. The third-order valence-electron chi connectivity index (χ3n) is 3.94. The molecule has 112 valence electrons. The fourth-order valence-corrected chi connectivity index (χ4v) is 2.70. The van der Waals surface area contributed by atoms with Crippen LogP contribution in [0.5, 0.6) is 5.75 Å². The number of aliphatic hydroxyl groups is 1. The van der Waals surface area contributed by atoms with E-state index in [4.69, 9.17) is 4.74 Å². The molecule has 0 amide bonds. The first-order valence-corrected chi connectivity index (χ1v) is 7.32. The number of aliphatic hydroxyl groups excluding tert-OH is 1. The van der Waals surface area contributed by atoms with Gasteiger partial charge in [-0.1, -0.05) is 24.3 Å². The van der Waals surface area contributed by atoms with E-state index in [9.17, 15) is 5.11 Å². The van der Waals surface area contributed by atoms with Gasteiger partial charge in [0, 0.05) is 18.0 Å². The van der Waals surface area contributed by atoms with Crippen molar-refractivity contribution in [3.63, 3.8) is 0 Å². The summed E-state index contributed by atoms with van der Waals surface area (Å²) in [4.78, 5) is 4.53. The number of aryl methyl sites for hydroxylation is 1. The molecule has 3 rings (SSSR count). The zero-order valence-electron chi connectivity index (χ0n) is 12.8. The van der Waals surface area contributed by atoms with Crippen molar-refractivity contribution in [3.05, 3.63) is 71.0 Å². The van der Waals surface area contributed by atoms with E-state index < -0.39 is 0 Å². The van der Waals surface area contributed by atoms with Crippen molar-refractivity contribution in [3.8, 4) is 5.75 Å². The molecular formula is C19H19NO2. The zero-order valence-corrected chi connectivity index (χ0v) is 12.8. The maximum absolute atomic E-state index is 9.26. The Balaban J connectivity index is 2.00. The number of pyridine rings is 1. The first-order valence-electron chi connectivity index (χ1n) is 7.32. The number of nitrogens with zero attached hydrogens (tertiary/aromatic N) is 1. The first-order chi connectivity index (χ1) is 10.7. The average Bonchev–Trinajstić information content (AvgIpc) is 2.56. The van der Waals surface area contributed by atoms with Crippen LogP contribution in [0.25, 0.3) is 10.8 Å². The van der Waals surface area contributed by atoms with Crippen LogP contribution in [-0.4, -0.2) is 17.2 Å². The van der Waals surface area contributed by atoms with Gasteiger partial charge >= 0.3 is 0 Å². The number of benzene rings is 2. The quantitative estimate of drug-likeness (QED) is 0.798. The number of hydrogen-bond acceptors (Lipinski definition) is 3. The largest absolute Gasteiger partial charge is 0.496 e. The van der Waals surface area contributed by atoms with Gasteiger partial charge in [0.1, 0.15) is 5.75 Å². The number of fused-ring (bicyclic) bond motifs is 1. The van der Waals surface area contributed by atoms with Crippen LogP contribution >= 0.6 is 0 Å². The van der Waals surface area contributed by atoms with Crippen molar-refractivity contribution in [2.24, 2.45) is 0 Å². The smallest absolute Gasteiger partial charge is 0.122 e. The van der Waals surface area contributed by atoms with E-state index >= 15 is 0 Å². The molecule has 0 aliphatic carbocycles. The lowest BCUT2D eigenvalue weighted by Crippen LogP contribution is -1.96. The lowest BCUT2D eigenvalue weighted by Gasteiger charge is -2.10. The van der Waals surface area contributed by atoms with Crippen molar-refractivity contribution in [2.45, 2.75) is 20.0 Å². The number of rotatable bonds is 4. The van der Waals surface area contributed by atoms with Crippen molar-refractivity contribution in [1.82, 2.24) is 4.98 Å². The van der Waals surface area contributed by atoms with E-state index in [0.717, 1.165) is 39.8 Å². The molecule has 0 aliphatic heterocycles. The molecule has 1 N–H and O–H groups in total. The monoisotopic (exact) mass is 293 g/mol. The summed E-state index contributed by atoms with van der Waals surface area (Å²) in [5.41, 5.74) is 4.26. The van der Waals surface area contributed by atoms with Gasteiger partial charge in [0.25, 0.3) is 0 Å². The highest BCUT2D eigenvalue weighted by atomic mass is 16.5. The van der Waals surface area contributed by atoms with E-state index in [1.807, 2.05) is 37.4 Å². The molecule has 1 aromatic heterocycles. The Morgan fingerprint density at radius 2 is 1.86 bits per heavy atom. The Morgan fingerprint density at radius 3 is 2.64 bits per heavy atom. The minimum absolute atomic E-state index is 0.0583. The molecule has 2 aromatic carbocycles. The predicted octanol–water partition coefficient (Wildman–Crippen LogP) is 3.63. The van der Waals surface area contributed by atoms with Gasteiger partial charge in [-0.25, -0.2) is 0 Å². The maximum Gasteiger partial charge on any atom is 0.122 e. The average molecular weight is 293 g/mol. The summed E-state index contributed by atoms with van der Waals surface area (Å²) in [6.45, 7) is 2.10. The van der Waals surface area contributed by atoms with Crippen LogP contribution in [0.15, 0.2) is 48.7 Å². The minimum Gasteiger partial charge on any atom is -0.496 e. The summed E-state index contributed by atoms with van der Waals surface area (Å²) in [6.07, 6.45) is 2.58. The summed E-state index contributed by atoms with van der Waals surface area (Å²) in [7, 11) is 1.69. The molecule has 0 spiro atoms. The molecule has 0 saturated heterocycles. The standard InChI is InChI=1S/C19H19NO2/c1-13-3-4-14(11-19(13)22-2)10-18-17-6-5-15(12-21)9-16(17)7-8-20-18/h3-9,11,21H,10,12H2,1-2H3. The van der Waals surface area contributed by atoms with Gasteiger partial charge in [-0.15, -0.1) is 0 Å². The Labute approximate surface area is 130 Å². The molecule has 0 bridgehead atoms. The highest BCUT2D eigenvalue weighted by Crippen LogP contribution is 2.24. The molecule has 0 radical (unpaired) electrons. The molecule has 0 saturated carbocycles. The van der Waals surface area contributed by atoms with Crippen LogP contribution < -0.4 is 4.74 Å². The Hall–Kier alpha value is -2.39. The van der Waals surface area contributed by atoms with Crippen LogP contribution in [0.2, 0.25) is 0 Å². The summed E-state index contributed by atoms with van der Waals surface area (Å²) < 4.78 is 5.39. The predicted molar refractivity (Wildman–Crippen MR) is 88.2 cm³/mol.